The van der Waals surface area contributed by atoms with Gasteiger partial charge in [-0.1, -0.05) is 36.4 Å². The van der Waals surface area contributed by atoms with Crippen LogP contribution in [0.5, 0.6) is 0 Å². The molecule has 0 aromatic heterocycles. The van der Waals surface area contributed by atoms with Gasteiger partial charge >= 0.3 is 6.18 Å². The highest BCUT2D eigenvalue weighted by atomic mass is 19.4. The second-order valence-electron chi connectivity index (χ2n) is 7.70. The molecule has 1 saturated heterocycles. The lowest BCUT2D eigenvalue weighted by Gasteiger charge is -2.35. The normalized spacial score (nSPS) is 14.5. The van der Waals surface area contributed by atoms with Crippen LogP contribution in [0.15, 0.2) is 54.6 Å². The van der Waals surface area contributed by atoms with Gasteiger partial charge in [0, 0.05) is 44.8 Å². The number of carbonyl (C=O) groups is 2. The van der Waals surface area contributed by atoms with Gasteiger partial charge in [0.05, 0.1) is 12.2 Å². The van der Waals surface area contributed by atoms with Crippen LogP contribution < -0.4 is 0 Å². The first-order chi connectivity index (χ1) is 15.3. The van der Waals surface area contributed by atoms with Crippen LogP contribution in [-0.2, 0) is 22.1 Å². The van der Waals surface area contributed by atoms with E-state index in [1.165, 1.54) is 22.6 Å². The van der Waals surface area contributed by atoms with Crippen molar-refractivity contribution in [1.29, 1.82) is 0 Å². The van der Waals surface area contributed by atoms with E-state index in [2.05, 4.69) is 0 Å². The third-order valence-electron chi connectivity index (χ3n) is 5.41. The van der Waals surface area contributed by atoms with Crippen LogP contribution >= 0.6 is 0 Å². The Morgan fingerprint density at radius 3 is 2.25 bits per heavy atom. The Kier molecular flexibility index (Phi) is 8.27. The van der Waals surface area contributed by atoms with E-state index in [4.69, 9.17) is 4.74 Å². The van der Waals surface area contributed by atoms with Gasteiger partial charge in [-0.25, -0.2) is 0 Å². The molecule has 0 N–H and O–H groups in total. The van der Waals surface area contributed by atoms with Crippen LogP contribution in [0.2, 0.25) is 0 Å². The van der Waals surface area contributed by atoms with Crippen molar-refractivity contribution in [2.24, 2.45) is 0 Å². The van der Waals surface area contributed by atoms with Crippen molar-refractivity contribution in [3.8, 4) is 0 Å². The van der Waals surface area contributed by atoms with Gasteiger partial charge < -0.3 is 14.5 Å². The average molecular weight is 448 g/mol. The molecular weight excluding hydrogens is 421 g/mol. The highest BCUT2D eigenvalue weighted by Gasteiger charge is 2.32. The molecule has 2 aromatic rings. The summed E-state index contributed by atoms with van der Waals surface area (Å²) in [6.45, 7) is 2.46. The number of piperazine rings is 1. The fraction of sp³-hybridized carbons (Fsp3) is 0.417. The summed E-state index contributed by atoms with van der Waals surface area (Å²) in [5, 5.41) is 0. The zero-order valence-corrected chi connectivity index (χ0v) is 17.8. The third-order valence-corrected chi connectivity index (χ3v) is 5.41. The lowest BCUT2D eigenvalue weighted by Crippen LogP contribution is -2.50. The Morgan fingerprint density at radius 2 is 1.56 bits per heavy atom. The van der Waals surface area contributed by atoms with E-state index >= 15 is 0 Å². The van der Waals surface area contributed by atoms with Crippen LogP contribution in [0.25, 0.3) is 0 Å². The minimum absolute atomic E-state index is 0.00262. The van der Waals surface area contributed by atoms with Gasteiger partial charge in [-0.3, -0.25) is 9.59 Å². The largest absolute Gasteiger partial charge is 0.416 e. The molecule has 8 heteroatoms. The van der Waals surface area contributed by atoms with Gasteiger partial charge in [0.15, 0.2) is 0 Å². The van der Waals surface area contributed by atoms with E-state index in [9.17, 15) is 22.8 Å². The number of benzene rings is 2. The minimum atomic E-state index is -4.49. The molecule has 3 rings (SSSR count). The predicted molar refractivity (Wildman–Crippen MR) is 114 cm³/mol. The van der Waals surface area contributed by atoms with Crippen molar-refractivity contribution < 1.29 is 27.5 Å². The lowest BCUT2D eigenvalue weighted by atomic mass is 10.1. The molecule has 0 spiro atoms. The number of ether oxygens (including phenoxy) is 1. The number of rotatable bonds is 8. The molecule has 5 nitrogen and oxygen atoms in total. The van der Waals surface area contributed by atoms with E-state index in [1.54, 1.807) is 4.90 Å². The van der Waals surface area contributed by atoms with Crippen molar-refractivity contribution in [3.63, 3.8) is 0 Å². The van der Waals surface area contributed by atoms with Crippen molar-refractivity contribution in [2.45, 2.75) is 25.4 Å². The number of halogens is 3. The monoisotopic (exact) mass is 448 g/mol. The first-order valence-electron chi connectivity index (χ1n) is 10.7. The van der Waals surface area contributed by atoms with E-state index in [1.807, 2.05) is 30.3 Å². The number of hydrogen-bond acceptors (Lipinski definition) is 3. The SMILES string of the molecule is O=C(CCCOCCc1ccccc1)N1CCN(C(=O)c2cccc(C(F)(F)F)c2)CC1. The maximum Gasteiger partial charge on any atom is 0.416 e. The van der Waals surface area contributed by atoms with Gasteiger partial charge in [0.25, 0.3) is 5.91 Å². The Balaban J connectivity index is 1.36. The van der Waals surface area contributed by atoms with Gasteiger partial charge in [-0.2, -0.15) is 13.2 Å². The summed E-state index contributed by atoms with van der Waals surface area (Å²) in [6.07, 6.45) is -2.67. The average Bonchev–Trinajstić information content (AvgIpc) is 2.81. The van der Waals surface area contributed by atoms with E-state index < -0.39 is 17.6 Å². The second-order valence-corrected chi connectivity index (χ2v) is 7.70. The summed E-state index contributed by atoms with van der Waals surface area (Å²) >= 11 is 0. The van der Waals surface area contributed by atoms with Crippen LogP contribution in [0, 0.1) is 0 Å². The van der Waals surface area contributed by atoms with Crippen molar-refractivity contribution in [3.05, 3.63) is 71.3 Å². The van der Waals surface area contributed by atoms with E-state index in [0.29, 0.717) is 52.2 Å². The first-order valence-corrected chi connectivity index (χ1v) is 10.7. The molecule has 0 atom stereocenters. The Morgan fingerprint density at radius 1 is 0.875 bits per heavy atom. The number of amides is 2. The molecule has 172 valence electrons. The number of alkyl halides is 3. The first kappa shape index (κ1) is 23.8. The highest BCUT2D eigenvalue weighted by Crippen LogP contribution is 2.29. The quantitative estimate of drug-likeness (QED) is 0.573. The summed E-state index contributed by atoms with van der Waals surface area (Å²) in [7, 11) is 0. The van der Waals surface area contributed by atoms with Gasteiger partial charge in [0.2, 0.25) is 5.91 Å². The maximum atomic E-state index is 12.9. The van der Waals surface area contributed by atoms with Crippen LogP contribution in [-0.4, -0.2) is 61.0 Å². The van der Waals surface area contributed by atoms with Crippen LogP contribution in [0.4, 0.5) is 13.2 Å². The Labute approximate surface area is 185 Å². The van der Waals surface area contributed by atoms with Crippen LogP contribution in [0.1, 0.15) is 34.3 Å². The molecule has 2 aromatic carbocycles. The number of carbonyl (C=O) groups excluding carboxylic acids is 2. The molecule has 2 amide bonds. The van der Waals surface area contributed by atoms with Crippen LogP contribution in [0.3, 0.4) is 0 Å². The third kappa shape index (κ3) is 6.82. The molecule has 1 fully saturated rings. The van der Waals surface area contributed by atoms with Gasteiger partial charge in [-0.15, -0.1) is 0 Å². The number of hydrogen-bond donors (Lipinski definition) is 0. The van der Waals surface area contributed by atoms with E-state index in [0.717, 1.165) is 18.6 Å². The zero-order chi connectivity index (χ0) is 23.0. The molecule has 1 heterocycles. The maximum absolute atomic E-state index is 12.9. The summed E-state index contributed by atoms with van der Waals surface area (Å²) in [4.78, 5) is 28.2. The molecule has 1 aliphatic rings. The lowest BCUT2D eigenvalue weighted by molar-refractivity contribution is -0.137. The highest BCUT2D eigenvalue weighted by molar-refractivity contribution is 5.94. The molecular formula is C24H27F3N2O3. The molecule has 0 radical (unpaired) electrons. The minimum Gasteiger partial charge on any atom is -0.381 e. The fourth-order valence-corrected chi connectivity index (χ4v) is 3.59. The Bertz CT molecular complexity index is 895. The van der Waals surface area contributed by atoms with Gasteiger partial charge in [0.1, 0.15) is 0 Å². The second kappa shape index (κ2) is 11.1. The van der Waals surface area contributed by atoms with Gasteiger partial charge in [-0.05, 0) is 36.6 Å². The summed E-state index contributed by atoms with van der Waals surface area (Å²) < 4.78 is 44.3. The number of nitrogens with zero attached hydrogens (tertiary/aromatic N) is 2. The topological polar surface area (TPSA) is 49.9 Å². The zero-order valence-electron chi connectivity index (χ0n) is 17.8. The Hall–Kier alpha value is -2.87. The standard InChI is InChI=1S/C24H27F3N2O3/c25-24(26,27)21-9-4-8-20(18-21)23(31)29-14-12-28(13-15-29)22(30)10-5-16-32-17-11-19-6-2-1-3-7-19/h1-4,6-9,18H,5,10-17H2. The predicted octanol–water partition coefficient (Wildman–Crippen LogP) is 4.03. The van der Waals surface area contributed by atoms with Crippen molar-refractivity contribution >= 4 is 11.8 Å². The fourth-order valence-electron chi connectivity index (χ4n) is 3.59. The molecule has 0 unspecified atom stereocenters. The summed E-state index contributed by atoms with van der Waals surface area (Å²) in [6, 6.07) is 14.5. The molecule has 32 heavy (non-hydrogen) atoms. The van der Waals surface area contributed by atoms with Crippen molar-refractivity contribution in [1.82, 2.24) is 9.80 Å². The smallest absolute Gasteiger partial charge is 0.381 e. The molecule has 0 bridgehead atoms. The molecule has 0 aliphatic carbocycles. The molecule has 1 aliphatic heterocycles. The summed E-state index contributed by atoms with van der Waals surface area (Å²) in [5.41, 5.74) is 0.372. The summed E-state index contributed by atoms with van der Waals surface area (Å²) in [5.74, 6) is -0.446. The van der Waals surface area contributed by atoms with E-state index in [-0.39, 0.29) is 11.5 Å². The molecule has 0 saturated carbocycles. The van der Waals surface area contributed by atoms with Crippen molar-refractivity contribution in [2.75, 3.05) is 39.4 Å².